The number of hydrogen-bond acceptors (Lipinski definition) is 3. The van der Waals surface area contributed by atoms with E-state index in [1.165, 1.54) is 11.6 Å². The zero-order chi connectivity index (χ0) is 15.9. The van der Waals surface area contributed by atoms with Crippen molar-refractivity contribution in [3.8, 4) is 0 Å². The van der Waals surface area contributed by atoms with E-state index in [1.54, 1.807) is 0 Å². The first kappa shape index (κ1) is 14.8. The average molecular weight is 299 g/mol. The second-order valence-electron chi connectivity index (χ2n) is 7.04. The van der Waals surface area contributed by atoms with E-state index < -0.39 is 0 Å². The lowest BCUT2D eigenvalue weighted by Gasteiger charge is -2.19. The highest BCUT2D eigenvalue weighted by Crippen LogP contribution is 2.29. The standard InChI is InChI=1S/C18H21NO3/c1-18(2,3)13-6-7-15-14(9-13)12(8-16(20)22-15)10-19-17(21)11-4-5-11/h6-9,11H,4-5,10H2,1-3H3,(H,19,21). The van der Waals surface area contributed by atoms with Crippen LogP contribution in [0.2, 0.25) is 0 Å². The Kier molecular flexibility index (Phi) is 3.55. The van der Waals surface area contributed by atoms with Crippen molar-refractivity contribution in [2.75, 3.05) is 0 Å². The third kappa shape index (κ3) is 3.06. The smallest absolute Gasteiger partial charge is 0.336 e. The van der Waals surface area contributed by atoms with Crippen LogP contribution in [0.25, 0.3) is 11.0 Å². The molecule has 1 saturated carbocycles. The highest BCUT2D eigenvalue weighted by molar-refractivity contribution is 5.83. The molecule has 0 aliphatic heterocycles. The molecule has 1 fully saturated rings. The molecular formula is C18H21NO3. The van der Waals surface area contributed by atoms with Gasteiger partial charge < -0.3 is 9.73 Å². The van der Waals surface area contributed by atoms with E-state index in [1.807, 2.05) is 12.1 Å². The maximum absolute atomic E-state index is 11.8. The lowest BCUT2D eigenvalue weighted by Crippen LogP contribution is -2.24. The first-order chi connectivity index (χ1) is 10.3. The number of hydrogen-bond donors (Lipinski definition) is 1. The molecular weight excluding hydrogens is 278 g/mol. The van der Waals surface area contributed by atoms with E-state index in [9.17, 15) is 9.59 Å². The van der Waals surface area contributed by atoms with Gasteiger partial charge in [-0.3, -0.25) is 4.79 Å². The highest BCUT2D eigenvalue weighted by atomic mass is 16.4. The molecule has 2 aromatic rings. The van der Waals surface area contributed by atoms with Gasteiger partial charge in [-0.2, -0.15) is 0 Å². The fourth-order valence-electron chi connectivity index (χ4n) is 2.51. The van der Waals surface area contributed by atoms with Crippen molar-refractivity contribution in [2.45, 2.75) is 45.6 Å². The van der Waals surface area contributed by atoms with Crippen molar-refractivity contribution in [1.29, 1.82) is 0 Å². The number of carbonyl (C=O) groups excluding carboxylic acids is 1. The van der Waals surface area contributed by atoms with E-state index in [-0.39, 0.29) is 22.9 Å². The highest BCUT2D eigenvalue weighted by Gasteiger charge is 2.29. The molecule has 3 rings (SSSR count). The Balaban J connectivity index is 1.98. The number of benzene rings is 1. The van der Waals surface area contributed by atoms with Crippen LogP contribution in [0.4, 0.5) is 0 Å². The van der Waals surface area contributed by atoms with Gasteiger partial charge >= 0.3 is 5.63 Å². The van der Waals surface area contributed by atoms with Gasteiger partial charge in [-0.25, -0.2) is 4.79 Å². The minimum absolute atomic E-state index is 0.0128. The maximum Gasteiger partial charge on any atom is 0.336 e. The predicted octanol–water partition coefficient (Wildman–Crippen LogP) is 3.12. The van der Waals surface area contributed by atoms with Gasteiger partial charge in [0.1, 0.15) is 5.58 Å². The van der Waals surface area contributed by atoms with Gasteiger partial charge in [0, 0.05) is 23.9 Å². The molecule has 0 bridgehead atoms. The van der Waals surface area contributed by atoms with E-state index >= 15 is 0 Å². The molecule has 1 aromatic carbocycles. The fourth-order valence-corrected chi connectivity index (χ4v) is 2.51. The van der Waals surface area contributed by atoms with Crippen molar-refractivity contribution in [1.82, 2.24) is 5.32 Å². The molecule has 1 aliphatic rings. The van der Waals surface area contributed by atoms with Gasteiger partial charge in [0.05, 0.1) is 0 Å². The molecule has 1 aliphatic carbocycles. The first-order valence-electron chi connectivity index (χ1n) is 7.69. The molecule has 0 unspecified atom stereocenters. The van der Waals surface area contributed by atoms with Crippen LogP contribution in [0.1, 0.15) is 44.7 Å². The molecule has 4 heteroatoms. The molecule has 22 heavy (non-hydrogen) atoms. The van der Waals surface area contributed by atoms with Gasteiger partial charge in [0.15, 0.2) is 0 Å². The Labute approximate surface area is 129 Å². The van der Waals surface area contributed by atoms with Crippen LogP contribution in [-0.2, 0) is 16.8 Å². The number of rotatable bonds is 3. The molecule has 1 amide bonds. The second-order valence-corrected chi connectivity index (χ2v) is 7.04. The van der Waals surface area contributed by atoms with Crippen molar-refractivity contribution in [3.63, 3.8) is 0 Å². The topological polar surface area (TPSA) is 59.3 Å². The zero-order valence-electron chi connectivity index (χ0n) is 13.2. The Morgan fingerprint density at radius 1 is 1.27 bits per heavy atom. The molecule has 4 nitrogen and oxygen atoms in total. The van der Waals surface area contributed by atoms with Gasteiger partial charge in [-0.15, -0.1) is 0 Å². The predicted molar refractivity (Wildman–Crippen MR) is 85.8 cm³/mol. The van der Waals surface area contributed by atoms with Gasteiger partial charge in [-0.05, 0) is 41.5 Å². The number of nitrogens with one attached hydrogen (secondary N) is 1. The molecule has 1 heterocycles. The van der Waals surface area contributed by atoms with Crippen LogP contribution in [-0.4, -0.2) is 5.91 Å². The Bertz CT molecular complexity index is 779. The van der Waals surface area contributed by atoms with Crippen LogP contribution in [0.5, 0.6) is 0 Å². The van der Waals surface area contributed by atoms with Crippen LogP contribution < -0.4 is 10.9 Å². The van der Waals surface area contributed by atoms with Crippen LogP contribution in [0, 0.1) is 5.92 Å². The summed E-state index contributed by atoms with van der Waals surface area (Å²) in [6.45, 7) is 6.79. The molecule has 0 atom stereocenters. The van der Waals surface area contributed by atoms with Crippen molar-refractivity contribution < 1.29 is 9.21 Å². The summed E-state index contributed by atoms with van der Waals surface area (Å²) in [6, 6.07) is 7.35. The summed E-state index contributed by atoms with van der Waals surface area (Å²) in [5.41, 5.74) is 2.18. The lowest BCUT2D eigenvalue weighted by atomic mass is 9.86. The molecule has 0 saturated heterocycles. The van der Waals surface area contributed by atoms with Crippen LogP contribution in [0.3, 0.4) is 0 Å². The van der Waals surface area contributed by atoms with Gasteiger partial charge in [-0.1, -0.05) is 26.8 Å². The molecule has 0 spiro atoms. The van der Waals surface area contributed by atoms with Crippen LogP contribution in [0.15, 0.2) is 33.5 Å². The van der Waals surface area contributed by atoms with Crippen molar-refractivity contribution in [3.05, 3.63) is 45.8 Å². The van der Waals surface area contributed by atoms with E-state index in [2.05, 4.69) is 32.2 Å². The second kappa shape index (κ2) is 5.27. The summed E-state index contributed by atoms with van der Waals surface area (Å²) in [5.74, 6) is 0.241. The molecule has 0 radical (unpaired) electrons. The summed E-state index contributed by atoms with van der Waals surface area (Å²) < 4.78 is 5.27. The molecule has 1 aromatic heterocycles. The fraction of sp³-hybridized carbons (Fsp3) is 0.444. The minimum Gasteiger partial charge on any atom is -0.423 e. The Morgan fingerprint density at radius 2 is 2.00 bits per heavy atom. The quantitative estimate of drug-likeness (QED) is 0.886. The third-order valence-electron chi connectivity index (χ3n) is 4.10. The van der Waals surface area contributed by atoms with Gasteiger partial charge in [0.25, 0.3) is 0 Å². The lowest BCUT2D eigenvalue weighted by molar-refractivity contribution is -0.122. The first-order valence-corrected chi connectivity index (χ1v) is 7.69. The third-order valence-corrected chi connectivity index (χ3v) is 4.10. The monoisotopic (exact) mass is 299 g/mol. The maximum atomic E-state index is 11.8. The summed E-state index contributed by atoms with van der Waals surface area (Å²) in [4.78, 5) is 23.5. The van der Waals surface area contributed by atoms with E-state index in [0.717, 1.165) is 23.8 Å². The SMILES string of the molecule is CC(C)(C)c1ccc2oc(=O)cc(CNC(=O)C3CC3)c2c1. The zero-order valence-corrected chi connectivity index (χ0v) is 13.2. The van der Waals surface area contributed by atoms with Crippen LogP contribution >= 0.6 is 0 Å². The van der Waals surface area contributed by atoms with E-state index in [0.29, 0.717) is 12.1 Å². The molecule has 1 N–H and O–H groups in total. The Hall–Kier alpha value is -2.10. The summed E-state index contributed by atoms with van der Waals surface area (Å²) in [7, 11) is 0. The number of amides is 1. The summed E-state index contributed by atoms with van der Waals surface area (Å²) >= 11 is 0. The largest absolute Gasteiger partial charge is 0.423 e. The normalized spacial score (nSPS) is 15.0. The number of fused-ring (bicyclic) bond motifs is 1. The van der Waals surface area contributed by atoms with Crippen molar-refractivity contribution >= 4 is 16.9 Å². The Morgan fingerprint density at radius 3 is 2.64 bits per heavy atom. The number of carbonyl (C=O) groups is 1. The van der Waals surface area contributed by atoms with Gasteiger partial charge in [0.2, 0.25) is 5.91 Å². The summed E-state index contributed by atoms with van der Waals surface area (Å²) in [5, 5.41) is 3.81. The average Bonchev–Trinajstić information content (AvgIpc) is 3.27. The summed E-state index contributed by atoms with van der Waals surface area (Å²) in [6.07, 6.45) is 1.94. The minimum atomic E-state index is -0.383. The van der Waals surface area contributed by atoms with Crippen molar-refractivity contribution in [2.24, 2.45) is 5.92 Å². The molecule has 116 valence electrons. The van der Waals surface area contributed by atoms with E-state index in [4.69, 9.17) is 4.42 Å².